The zero-order chi connectivity index (χ0) is 16.0. The molecule has 4 rings (SSSR count). The van der Waals surface area contributed by atoms with Crippen LogP contribution in [0.1, 0.15) is 5.56 Å². The van der Waals surface area contributed by atoms with Crippen molar-refractivity contribution in [1.82, 2.24) is 4.57 Å². The van der Waals surface area contributed by atoms with E-state index in [0.29, 0.717) is 16.9 Å². The van der Waals surface area contributed by atoms with Crippen LogP contribution in [0.4, 0.5) is 0 Å². The number of nitrogens with zero attached hydrogens (tertiary/aromatic N) is 1. The summed E-state index contributed by atoms with van der Waals surface area (Å²) in [6.45, 7) is 0.173. The molecule has 2 aromatic carbocycles. The van der Waals surface area contributed by atoms with Crippen molar-refractivity contribution in [1.29, 1.82) is 0 Å². The molecule has 0 aliphatic carbocycles. The number of hydrogen-bond donors (Lipinski definition) is 1. The van der Waals surface area contributed by atoms with Crippen molar-refractivity contribution in [2.45, 2.75) is 13.3 Å². The summed E-state index contributed by atoms with van der Waals surface area (Å²) in [7, 11) is 1.54. The molecule has 1 aliphatic rings. The van der Waals surface area contributed by atoms with Crippen molar-refractivity contribution in [3.63, 3.8) is 0 Å². The topological polar surface area (TPSA) is 69.9 Å². The lowest BCUT2D eigenvalue weighted by Crippen LogP contribution is -2.22. The highest BCUT2D eigenvalue weighted by atomic mass is 16.7. The van der Waals surface area contributed by atoms with E-state index in [4.69, 9.17) is 14.2 Å². The van der Waals surface area contributed by atoms with E-state index in [1.165, 1.54) is 0 Å². The van der Waals surface area contributed by atoms with Crippen LogP contribution in [0, 0.1) is 0 Å². The molecule has 0 saturated heterocycles. The minimum absolute atomic E-state index is 0.0641. The van der Waals surface area contributed by atoms with Crippen LogP contribution in [-0.2, 0) is 18.1 Å². The van der Waals surface area contributed by atoms with E-state index in [2.05, 4.69) is 0 Å². The van der Waals surface area contributed by atoms with Crippen LogP contribution in [-0.4, -0.2) is 23.6 Å². The number of benzene rings is 2. The predicted molar refractivity (Wildman–Crippen MR) is 84.8 cm³/mol. The highest BCUT2D eigenvalue weighted by Crippen LogP contribution is 2.39. The number of aromatic nitrogens is 1. The monoisotopic (exact) mass is 313 g/mol. The smallest absolute Gasteiger partial charge is 0.264 e. The lowest BCUT2D eigenvalue weighted by molar-refractivity contribution is 0.132. The first-order valence-corrected chi connectivity index (χ1v) is 7.22. The molecule has 0 radical (unpaired) electrons. The molecule has 0 fully saturated rings. The summed E-state index contributed by atoms with van der Waals surface area (Å²) in [6, 6.07) is 9.16. The van der Waals surface area contributed by atoms with Gasteiger partial charge in [0.15, 0.2) is 11.5 Å². The lowest BCUT2D eigenvalue weighted by atomic mass is 10.0. The summed E-state index contributed by atoms with van der Waals surface area (Å²) in [4.78, 5) is 12.9. The first-order chi connectivity index (χ1) is 11.2. The van der Waals surface area contributed by atoms with Gasteiger partial charge in [0.1, 0.15) is 6.73 Å². The quantitative estimate of drug-likeness (QED) is 0.749. The van der Waals surface area contributed by atoms with E-state index in [0.717, 1.165) is 21.9 Å². The van der Waals surface area contributed by atoms with Crippen LogP contribution in [0.15, 0.2) is 35.1 Å². The molecule has 0 saturated carbocycles. The van der Waals surface area contributed by atoms with Crippen molar-refractivity contribution in [3.05, 3.63) is 46.2 Å². The number of hydrogen-bond acceptors (Lipinski definition) is 5. The molecular formula is C17H15NO5. The van der Waals surface area contributed by atoms with E-state index >= 15 is 0 Å². The third-order valence-corrected chi connectivity index (χ3v) is 4.08. The van der Waals surface area contributed by atoms with Gasteiger partial charge in [-0.1, -0.05) is 6.07 Å². The zero-order valence-corrected chi connectivity index (χ0v) is 12.5. The normalized spacial score (nSPS) is 13.1. The van der Waals surface area contributed by atoms with Gasteiger partial charge in [-0.2, -0.15) is 0 Å². The Hall–Kier alpha value is -2.57. The molecule has 0 bridgehead atoms. The minimum atomic E-state index is -0.187. The molecule has 6 heteroatoms. The first-order valence-electron chi connectivity index (χ1n) is 7.22. The Bertz CT molecular complexity index is 976. The molecule has 0 atom stereocenters. The fourth-order valence-corrected chi connectivity index (χ4v) is 3.04. The average molecular weight is 313 g/mol. The van der Waals surface area contributed by atoms with Gasteiger partial charge in [0.2, 0.25) is 6.79 Å². The van der Waals surface area contributed by atoms with Crippen LogP contribution < -0.4 is 15.0 Å². The standard InChI is InChI=1S/C17H15NO5/c1-21-8-18-13-4-2-10(7-19)6-12(13)11-3-5-14-16(23-9-22-14)15(11)17(18)20/h2-6,19H,7-9H2,1H3. The molecule has 0 amide bonds. The number of aliphatic hydroxyl groups excluding tert-OH is 1. The van der Waals surface area contributed by atoms with E-state index in [1.807, 2.05) is 18.2 Å². The van der Waals surface area contributed by atoms with Crippen molar-refractivity contribution in [3.8, 4) is 11.5 Å². The second kappa shape index (κ2) is 5.26. The van der Waals surface area contributed by atoms with Gasteiger partial charge in [-0.25, -0.2) is 0 Å². The highest BCUT2D eigenvalue weighted by molar-refractivity contribution is 6.08. The summed E-state index contributed by atoms with van der Waals surface area (Å²) in [5, 5.41) is 11.5. The Labute approximate surface area is 131 Å². The largest absolute Gasteiger partial charge is 0.454 e. The summed E-state index contributed by atoms with van der Waals surface area (Å²) in [6.07, 6.45) is 0. The molecule has 2 heterocycles. The summed E-state index contributed by atoms with van der Waals surface area (Å²) in [5.74, 6) is 1.03. The number of fused-ring (bicyclic) bond motifs is 5. The van der Waals surface area contributed by atoms with Gasteiger partial charge in [-0.05, 0) is 29.8 Å². The molecule has 6 nitrogen and oxygen atoms in total. The zero-order valence-electron chi connectivity index (χ0n) is 12.5. The van der Waals surface area contributed by atoms with Crippen molar-refractivity contribution >= 4 is 21.7 Å². The Morgan fingerprint density at radius 2 is 2.09 bits per heavy atom. The van der Waals surface area contributed by atoms with Gasteiger partial charge in [0.25, 0.3) is 5.56 Å². The van der Waals surface area contributed by atoms with Gasteiger partial charge in [0.05, 0.1) is 17.5 Å². The van der Waals surface area contributed by atoms with Crippen LogP contribution in [0.25, 0.3) is 21.7 Å². The lowest BCUT2D eigenvalue weighted by Gasteiger charge is -2.14. The second-order valence-corrected chi connectivity index (χ2v) is 5.38. The molecular weight excluding hydrogens is 298 g/mol. The molecule has 1 N–H and O–H groups in total. The minimum Gasteiger partial charge on any atom is -0.454 e. The predicted octanol–water partition coefficient (Wildman–Crippen LogP) is 1.98. The number of ether oxygens (including phenoxy) is 3. The maximum absolute atomic E-state index is 12.9. The van der Waals surface area contributed by atoms with Gasteiger partial charge in [0, 0.05) is 17.9 Å². The van der Waals surface area contributed by atoms with E-state index in [1.54, 1.807) is 23.8 Å². The van der Waals surface area contributed by atoms with Gasteiger partial charge >= 0.3 is 0 Å². The third-order valence-electron chi connectivity index (χ3n) is 4.08. The van der Waals surface area contributed by atoms with Crippen molar-refractivity contribution < 1.29 is 19.3 Å². The summed E-state index contributed by atoms with van der Waals surface area (Å²) < 4.78 is 17.6. The van der Waals surface area contributed by atoms with E-state index < -0.39 is 0 Å². The summed E-state index contributed by atoms with van der Waals surface area (Å²) >= 11 is 0. The van der Waals surface area contributed by atoms with E-state index in [-0.39, 0.29) is 25.7 Å². The Kier molecular flexibility index (Phi) is 3.21. The SMILES string of the molecule is COCn1c(=O)c2c3c(ccc2c2cc(CO)ccc21)OCO3. The van der Waals surface area contributed by atoms with Gasteiger partial charge in [-0.3, -0.25) is 9.36 Å². The maximum atomic E-state index is 12.9. The Morgan fingerprint density at radius 3 is 2.87 bits per heavy atom. The molecule has 3 aromatic rings. The highest BCUT2D eigenvalue weighted by Gasteiger charge is 2.22. The van der Waals surface area contributed by atoms with Crippen LogP contribution >= 0.6 is 0 Å². The molecule has 1 aromatic heterocycles. The average Bonchev–Trinajstić information content (AvgIpc) is 3.06. The van der Waals surface area contributed by atoms with Gasteiger partial charge in [-0.15, -0.1) is 0 Å². The Morgan fingerprint density at radius 1 is 1.22 bits per heavy atom. The molecule has 23 heavy (non-hydrogen) atoms. The number of rotatable bonds is 3. The molecule has 1 aliphatic heterocycles. The molecule has 118 valence electrons. The van der Waals surface area contributed by atoms with E-state index in [9.17, 15) is 9.90 Å². The van der Waals surface area contributed by atoms with Crippen LogP contribution in [0.3, 0.4) is 0 Å². The second-order valence-electron chi connectivity index (χ2n) is 5.38. The fourth-order valence-electron chi connectivity index (χ4n) is 3.04. The number of aliphatic hydroxyl groups is 1. The molecule has 0 spiro atoms. The summed E-state index contributed by atoms with van der Waals surface area (Å²) in [5.41, 5.74) is 1.34. The van der Waals surface area contributed by atoms with Crippen molar-refractivity contribution in [2.24, 2.45) is 0 Å². The number of pyridine rings is 1. The Balaban J connectivity index is 2.21. The third kappa shape index (κ3) is 1.99. The van der Waals surface area contributed by atoms with Gasteiger partial charge < -0.3 is 19.3 Å². The van der Waals surface area contributed by atoms with Crippen molar-refractivity contribution in [2.75, 3.05) is 13.9 Å². The van der Waals surface area contributed by atoms with Crippen LogP contribution in [0.2, 0.25) is 0 Å². The maximum Gasteiger partial charge on any atom is 0.264 e. The van der Waals surface area contributed by atoms with Crippen LogP contribution in [0.5, 0.6) is 11.5 Å². The fraction of sp³-hybridized carbons (Fsp3) is 0.235. The number of methoxy groups -OCH3 is 1. The molecule has 0 unspecified atom stereocenters. The first kappa shape index (κ1) is 14.0.